The number of amides is 1. The predicted molar refractivity (Wildman–Crippen MR) is 57.5 cm³/mol. The fraction of sp³-hybridized carbons (Fsp3) is 0.182. The van der Waals surface area contributed by atoms with E-state index in [9.17, 15) is 4.79 Å². The van der Waals surface area contributed by atoms with Crippen LogP contribution in [0.3, 0.4) is 0 Å². The molecular weight excluding hydrogens is 190 g/mol. The van der Waals surface area contributed by atoms with Gasteiger partial charge in [0, 0.05) is 18.1 Å². The van der Waals surface area contributed by atoms with Crippen LogP contribution in [0.2, 0.25) is 0 Å². The summed E-state index contributed by atoms with van der Waals surface area (Å²) < 4.78 is 0. The molecule has 0 bridgehead atoms. The van der Waals surface area contributed by atoms with Gasteiger partial charge in [-0.25, -0.2) is 9.97 Å². The van der Waals surface area contributed by atoms with E-state index < -0.39 is 0 Å². The SMILES string of the molecule is CCNC(=O)c1ncc2ccccc2n1. The summed E-state index contributed by atoms with van der Waals surface area (Å²) in [6.07, 6.45) is 1.66. The van der Waals surface area contributed by atoms with Gasteiger partial charge in [-0.3, -0.25) is 4.79 Å². The highest BCUT2D eigenvalue weighted by molar-refractivity contribution is 5.92. The highest BCUT2D eigenvalue weighted by Gasteiger charge is 2.07. The van der Waals surface area contributed by atoms with Crippen LogP contribution in [0.4, 0.5) is 0 Å². The molecule has 1 aromatic heterocycles. The Morgan fingerprint density at radius 1 is 1.40 bits per heavy atom. The van der Waals surface area contributed by atoms with Crippen LogP contribution in [0.5, 0.6) is 0 Å². The highest BCUT2D eigenvalue weighted by atomic mass is 16.2. The first-order valence-corrected chi connectivity index (χ1v) is 4.81. The van der Waals surface area contributed by atoms with Crippen LogP contribution in [0.15, 0.2) is 30.5 Å². The molecule has 1 amide bonds. The van der Waals surface area contributed by atoms with Crippen molar-refractivity contribution in [3.8, 4) is 0 Å². The van der Waals surface area contributed by atoms with Gasteiger partial charge >= 0.3 is 0 Å². The maximum atomic E-state index is 11.5. The minimum absolute atomic E-state index is 0.218. The lowest BCUT2D eigenvalue weighted by molar-refractivity contribution is 0.0946. The third-order valence-corrected chi connectivity index (χ3v) is 2.03. The Morgan fingerprint density at radius 3 is 3.00 bits per heavy atom. The van der Waals surface area contributed by atoms with Gasteiger partial charge in [0.25, 0.3) is 5.91 Å². The smallest absolute Gasteiger partial charge is 0.289 e. The average Bonchev–Trinajstić information content (AvgIpc) is 2.29. The topological polar surface area (TPSA) is 54.9 Å². The maximum Gasteiger partial charge on any atom is 0.289 e. The molecule has 0 radical (unpaired) electrons. The Bertz CT molecular complexity index is 496. The molecule has 1 aromatic carbocycles. The predicted octanol–water partition coefficient (Wildman–Crippen LogP) is 1.38. The van der Waals surface area contributed by atoms with Gasteiger partial charge in [-0.2, -0.15) is 0 Å². The second-order valence-corrected chi connectivity index (χ2v) is 3.11. The highest BCUT2D eigenvalue weighted by Crippen LogP contribution is 2.09. The summed E-state index contributed by atoms with van der Waals surface area (Å²) in [4.78, 5) is 19.6. The molecule has 76 valence electrons. The number of nitrogens with one attached hydrogen (secondary N) is 1. The second-order valence-electron chi connectivity index (χ2n) is 3.11. The van der Waals surface area contributed by atoms with Crippen molar-refractivity contribution in [2.45, 2.75) is 6.92 Å². The van der Waals surface area contributed by atoms with E-state index in [1.165, 1.54) is 0 Å². The van der Waals surface area contributed by atoms with E-state index >= 15 is 0 Å². The van der Waals surface area contributed by atoms with Gasteiger partial charge in [0.2, 0.25) is 5.82 Å². The number of hydrogen-bond acceptors (Lipinski definition) is 3. The molecule has 15 heavy (non-hydrogen) atoms. The molecule has 0 fully saturated rings. The Morgan fingerprint density at radius 2 is 2.20 bits per heavy atom. The quantitative estimate of drug-likeness (QED) is 0.798. The van der Waals surface area contributed by atoms with Crippen LogP contribution in [-0.4, -0.2) is 22.4 Å². The summed E-state index contributed by atoms with van der Waals surface area (Å²) in [5, 5.41) is 3.60. The van der Waals surface area contributed by atoms with E-state index in [1.54, 1.807) is 6.20 Å². The first-order chi connectivity index (χ1) is 7.31. The molecule has 0 saturated heterocycles. The van der Waals surface area contributed by atoms with Crippen LogP contribution in [0.1, 0.15) is 17.5 Å². The molecule has 4 heteroatoms. The molecule has 2 rings (SSSR count). The molecule has 1 heterocycles. The second kappa shape index (κ2) is 4.04. The van der Waals surface area contributed by atoms with Crippen molar-refractivity contribution in [3.05, 3.63) is 36.3 Å². The minimum Gasteiger partial charge on any atom is -0.350 e. The van der Waals surface area contributed by atoms with Gasteiger partial charge in [0.1, 0.15) is 0 Å². The fourth-order valence-electron chi connectivity index (χ4n) is 1.32. The number of para-hydroxylation sites is 1. The van der Waals surface area contributed by atoms with Gasteiger partial charge in [0.15, 0.2) is 0 Å². The first kappa shape index (κ1) is 9.58. The lowest BCUT2D eigenvalue weighted by atomic mass is 10.2. The summed E-state index contributed by atoms with van der Waals surface area (Å²) in [5.74, 6) is -0.0150. The maximum absolute atomic E-state index is 11.5. The Labute approximate surface area is 87.4 Å². The Hall–Kier alpha value is -1.97. The van der Waals surface area contributed by atoms with Gasteiger partial charge in [-0.1, -0.05) is 18.2 Å². The molecular formula is C11H11N3O. The number of carbonyl (C=O) groups is 1. The van der Waals surface area contributed by atoms with Gasteiger partial charge in [0.05, 0.1) is 5.52 Å². The molecule has 0 aliphatic heterocycles. The van der Waals surface area contributed by atoms with E-state index in [-0.39, 0.29) is 11.7 Å². The first-order valence-electron chi connectivity index (χ1n) is 4.81. The Kier molecular flexibility index (Phi) is 2.58. The van der Waals surface area contributed by atoms with Crippen molar-refractivity contribution in [1.29, 1.82) is 0 Å². The zero-order chi connectivity index (χ0) is 10.7. The summed E-state index contributed by atoms with van der Waals surface area (Å²) >= 11 is 0. The van der Waals surface area contributed by atoms with Gasteiger partial charge < -0.3 is 5.32 Å². The standard InChI is InChI=1S/C11H11N3O/c1-2-12-11(15)10-13-7-8-5-3-4-6-9(8)14-10/h3-7H,2H2,1H3,(H,12,15). The van der Waals surface area contributed by atoms with Gasteiger partial charge in [-0.15, -0.1) is 0 Å². The third kappa shape index (κ3) is 1.93. The van der Waals surface area contributed by atoms with Crippen LogP contribution in [0, 0.1) is 0 Å². The van der Waals surface area contributed by atoms with E-state index in [0.29, 0.717) is 6.54 Å². The number of rotatable bonds is 2. The number of aromatic nitrogens is 2. The number of hydrogen-bond donors (Lipinski definition) is 1. The lowest BCUT2D eigenvalue weighted by Gasteiger charge is -2.01. The van der Waals surface area contributed by atoms with Crippen LogP contribution in [0.25, 0.3) is 10.9 Å². The number of carbonyl (C=O) groups excluding carboxylic acids is 1. The Balaban J connectivity index is 2.42. The van der Waals surface area contributed by atoms with Crippen molar-refractivity contribution < 1.29 is 4.79 Å². The molecule has 0 aliphatic rings. The summed E-state index contributed by atoms with van der Waals surface area (Å²) in [7, 11) is 0. The largest absolute Gasteiger partial charge is 0.350 e. The zero-order valence-electron chi connectivity index (χ0n) is 8.40. The van der Waals surface area contributed by atoms with Crippen LogP contribution < -0.4 is 5.32 Å². The van der Waals surface area contributed by atoms with Crippen molar-refractivity contribution in [1.82, 2.24) is 15.3 Å². The van der Waals surface area contributed by atoms with E-state index in [2.05, 4.69) is 15.3 Å². The zero-order valence-corrected chi connectivity index (χ0v) is 8.40. The summed E-state index contributed by atoms with van der Waals surface area (Å²) in [5.41, 5.74) is 0.786. The van der Waals surface area contributed by atoms with Crippen molar-refractivity contribution in [3.63, 3.8) is 0 Å². The number of nitrogens with zero attached hydrogens (tertiary/aromatic N) is 2. The molecule has 0 atom stereocenters. The van der Waals surface area contributed by atoms with E-state index in [4.69, 9.17) is 0 Å². The molecule has 0 spiro atoms. The summed E-state index contributed by atoms with van der Waals surface area (Å²) in [6, 6.07) is 7.57. The van der Waals surface area contributed by atoms with E-state index in [1.807, 2.05) is 31.2 Å². The fourth-order valence-corrected chi connectivity index (χ4v) is 1.32. The van der Waals surface area contributed by atoms with Crippen LogP contribution >= 0.6 is 0 Å². The number of benzene rings is 1. The molecule has 4 nitrogen and oxygen atoms in total. The average molecular weight is 201 g/mol. The van der Waals surface area contributed by atoms with Gasteiger partial charge in [-0.05, 0) is 13.0 Å². The molecule has 1 N–H and O–H groups in total. The monoisotopic (exact) mass is 201 g/mol. The molecule has 0 saturated carbocycles. The number of fused-ring (bicyclic) bond motifs is 1. The van der Waals surface area contributed by atoms with Crippen molar-refractivity contribution in [2.75, 3.05) is 6.54 Å². The van der Waals surface area contributed by atoms with E-state index in [0.717, 1.165) is 10.9 Å². The third-order valence-electron chi connectivity index (χ3n) is 2.03. The molecule has 0 aliphatic carbocycles. The molecule has 0 unspecified atom stereocenters. The normalized spacial score (nSPS) is 10.2. The summed E-state index contributed by atoms with van der Waals surface area (Å²) in [6.45, 7) is 2.44. The molecule has 2 aromatic rings. The van der Waals surface area contributed by atoms with Crippen molar-refractivity contribution >= 4 is 16.8 Å². The van der Waals surface area contributed by atoms with Crippen LogP contribution in [-0.2, 0) is 0 Å². The lowest BCUT2D eigenvalue weighted by Crippen LogP contribution is -2.24. The van der Waals surface area contributed by atoms with Crippen molar-refractivity contribution in [2.24, 2.45) is 0 Å². The minimum atomic E-state index is -0.233.